The number of nitrogens with zero attached hydrogens (tertiary/aromatic N) is 1. The van der Waals surface area contributed by atoms with Crippen molar-refractivity contribution in [3.05, 3.63) is 35.9 Å². The van der Waals surface area contributed by atoms with Crippen molar-refractivity contribution < 1.29 is 14.3 Å². The molecule has 128 valence electrons. The van der Waals surface area contributed by atoms with Crippen molar-refractivity contribution in [2.45, 2.75) is 45.7 Å². The van der Waals surface area contributed by atoms with Gasteiger partial charge in [-0.05, 0) is 25.3 Å². The van der Waals surface area contributed by atoms with Gasteiger partial charge in [-0.25, -0.2) is 0 Å². The van der Waals surface area contributed by atoms with Crippen LogP contribution in [-0.4, -0.2) is 43.0 Å². The van der Waals surface area contributed by atoms with E-state index in [1.807, 2.05) is 37.3 Å². The summed E-state index contributed by atoms with van der Waals surface area (Å²) in [7, 11) is 1.63. The van der Waals surface area contributed by atoms with Crippen molar-refractivity contribution in [3.8, 4) is 0 Å². The third kappa shape index (κ3) is 6.82. The molecule has 0 heterocycles. The van der Waals surface area contributed by atoms with Crippen LogP contribution in [0, 0.1) is 0 Å². The van der Waals surface area contributed by atoms with Crippen LogP contribution >= 0.6 is 0 Å². The Labute approximate surface area is 139 Å². The van der Waals surface area contributed by atoms with Gasteiger partial charge < -0.3 is 15.0 Å². The first-order valence-electron chi connectivity index (χ1n) is 8.20. The molecule has 0 saturated carbocycles. The highest BCUT2D eigenvalue weighted by molar-refractivity contribution is 5.87. The van der Waals surface area contributed by atoms with Crippen LogP contribution < -0.4 is 5.32 Å². The number of rotatable bonds is 10. The highest BCUT2D eigenvalue weighted by Crippen LogP contribution is 2.11. The van der Waals surface area contributed by atoms with Gasteiger partial charge in [0.2, 0.25) is 11.8 Å². The molecule has 5 nitrogen and oxygen atoms in total. The van der Waals surface area contributed by atoms with Crippen molar-refractivity contribution in [2.75, 3.05) is 20.3 Å². The van der Waals surface area contributed by atoms with Crippen LogP contribution in [0.5, 0.6) is 0 Å². The molecule has 1 aromatic carbocycles. The second-order valence-corrected chi connectivity index (χ2v) is 5.57. The minimum atomic E-state index is -0.489. The largest absolute Gasteiger partial charge is 0.385 e. The molecule has 1 rings (SSSR count). The van der Waals surface area contributed by atoms with Crippen molar-refractivity contribution in [2.24, 2.45) is 0 Å². The van der Waals surface area contributed by atoms with Gasteiger partial charge in [-0.1, -0.05) is 37.3 Å². The molecule has 1 N–H and O–H groups in total. The number of benzene rings is 1. The van der Waals surface area contributed by atoms with Crippen LogP contribution in [0.4, 0.5) is 0 Å². The SMILES string of the molecule is CCCC(=O)N(Cc1ccccc1)[C@H](C)C(=O)NCCCOC. The lowest BCUT2D eigenvalue weighted by atomic mass is 10.1. The number of ether oxygens (including phenoxy) is 1. The van der Waals surface area contributed by atoms with Crippen LogP contribution in [0.3, 0.4) is 0 Å². The molecule has 0 bridgehead atoms. The van der Waals surface area contributed by atoms with Gasteiger partial charge in [0.25, 0.3) is 0 Å². The monoisotopic (exact) mass is 320 g/mol. The summed E-state index contributed by atoms with van der Waals surface area (Å²) in [5, 5.41) is 2.87. The van der Waals surface area contributed by atoms with Crippen LogP contribution in [0.15, 0.2) is 30.3 Å². The molecule has 1 aromatic rings. The standard InChI is InChI=1S/C18H28N2O3/c1-4-9-17(21)20(14-16-10-6-5-7-11-16)15(2)18(22)19-12-8-13-23-3/h5-7,10-11,15H,4,8-9,12-14H2,1-3H3,(H,19,22)/t15-/m1/s1. The number of carbonyl (C=O) groups excluding carboxylic acids is 2. The number of hydrogen-bond donors (Lipinski definition) is 1. The molecule has 0 spiro atoms. The normalized spacial score (nSPS) is 11.8. The van der Waals surface area contributed by atoms with Crippen LogP contribution in [0.2, 0.25) is 0 Å². The first-order chi connectivity index (χ1) is 11.1. The average Bonchev–Trinajstić information content (AvgIpc) is 2.57. The number of nitrogens with one attached hydrogen (secondary N) is 1. The minimum absolute atomic E-state index is 0.0101. The molecule has 23 heavy (non-hydrogen) atoms. The Morgan fingerprint density at radius 3 is 2.57 bits per heavy atom. The first-order valence-corrected chi connectivity index (χ1v) is 8.20. The van der Waals surface area contributed by atoms with Gasteiger partial charge in [-0.2, -0.15) is 0 Å². The van der Waals surface area contributed by atoms with Crippen molar-refractivity contribution in [3.63, 3.8) is 0 Å². The summed E-state index contributed by atoms with van der Waals surface area (Å²) in [5.41, 5.74) is 1.02. The van der Waals surface area contributed by atoms with Crippen LogP contribution in [0.25, 0.3) is 0 Å². The summed E-state index contributed by atoms with van der Waals surface area (Å²) in [5.74, 6) is -0.114. The lowest BCUT2D eigenvalue weighted by Crippen LogP contribution is -2.47. The maximum atomic E-state index is 12.4. The van der Waals surface area contributed by atoms with Gasteiger partial charge >= 0.3 is 0 Å². The molecule has 0 aliphatic rings. The van der Waals surface area contributed by atoms with Gasteiger partial charge in [-0.3, -0.25) is 9.59 Å². The Hall–Kier alpha value is -1.88. The smallest absolute Gasteiger partial charge is 0.242 e. The van der Waals surface area contributed by atoms with Crippen LogP contribution in [0.1, 0.15) is 38.7 Å². The predicted molar refractivity (Wildman–Crippen MR) is 90.9 cm³/mol. The Bertz CT molecular complexity index is 476. The number of methoxy groups -OCH3 is 1. The van der Waals surface area contributed by atoms with E-state index in [-0.39, 0.29) is 11.8 Å². The summed E-state index contributed by atoms with van der Waals surface area (Å²) >= 11 is 0. The third-order valence-electron chi connectivity index (χ3n) is 3.65. The van der Waals surface area contributed by atoms with E-state index < -0.39 is 6.04 Å². The Morgan fingerprint density at radius 1 is 1.26 bits per heavy atom. The van der Waals surface area contributed by atoms with E-state index in [9.17, 15) is 9.59 Å². The fraction of sp³-hybridized carbons (Fsp3) is 0.556. The predicted octanol–water partition coefficient (Wildman–Crippen LogP) is 2.36. The fourth-order valence-corrected chi connectivity index (χ4v) is 2.30. The number of hydrogen-bond acceptors (Lipinski definition) is 3. The summed E-state index contributed by atoms with van der Waals surface area (Å²) in [6.07, 6.45) is 1.98. The lowest BCUT2D eigenvalue weighted by molar-refractivity contribution is -0.140. The van der Waals surface area contributed by atoms with E-state index in [1.165, 1.54) is 0 Å². The van der Waals surface area contributed by atoms with Gasteiger partial charge in [0.1, 0.15) is 6.04 Å². The highest BCUT2D eigenvalue weighted by atomic mass is 16.5. The molecule has 2 amide bonds. The summed E-state index contributed by atoms with van der Waals surface area (Å²) in [4.78, 5) is 26.4. The summed E-state index contributed by atoms with van der Waals surface area (Å²) < 4.78 is 4.96. The molecule has 5 heteroatoms. The molecule has 0 fully saturated rings. The maximum Gasteiger partial charge on any atom is 0.242 e. The summed E-state index contributed by atoms with van der Waals surface area (Å²) in [6.45, 7) is 5.36. The molecule has 0 aromatic heterocycles. The molecule has 1 atom stereocenters. The Kier molecular flexibility index (Phi) is 8.98. The first kappa shape index (κ1) is 19.2. The van der Waals surface area contributed by atoms with Crippen molar-refractivity contribution in [1.82, 2.24) is 10.2 Å². The van der Waals surface area contributed by atoms with E-state index in [2.05, 4.69) is 5.32 Å². The molecular weight excluding hydrogens is 292 g/mol. The van der Waals surface area contributed by atoms with Gasteiger partial charge in [0.05, 0.1) is 0 Å². The van der Waals surface area contributed by atoms with E-state index >= 15 is 0 Å². The zero-order chi connectivity index (χ0) is 17.1. The van der Waals surface area contributed by atoms with E-state index in [0.717, 1.165) is 18.4 Å². The van der Waals surface area contributed by atoms with Gasteiger partial charge in [0, 0.05) is 33.2 Å². The zero-order valence-corrected chi connectivity index (χ0v) is 14.4. The minimum Gasteiger partial charge on any atom is -0.385 e. The molecule has 0 radical (unpaired) electrons. The van der Waals surface area contributed by atoms with Crippen LogP contribution in [-0.2, 0) is 20.9 Å². The quantitative estimate of drug-likeness (QED) is 0.673. The lowest BCUT2D eigenvalue weighted by Gasteiger charge is -2.28. The second-order valence-electron chi connectivity index (χ2n) is 5.57. The van der Waals surface area contributed by atoms with Gasteiger partial charge in [0.15, 0.2) is 0 Å². The Balaban J connectivity index is 2.70. The van der Waals surface area contributed by atoms with Crippen molar-refractivity contribution in [1.29, 1.82) is 0 Å². The molecule has 0 aliphatic carbocycles. The molecule has 0 saturated heterocycles. The molecule has 0 aliphatic heterocycles. The van der Waals surface area contributed by atoms with E-state index in [4.69, 9.17) is 4.74 Å². The maximum absolute atomic E-state index is 12.4. The molecule has 0 unspecified atom stereocenters. The third-order valence-corrected chi connectivity index (χ3v) is 3.65. The molecular formula is C18H28N2O3. The van der Waals surface area contributed by atoms with E-state index in [1.54, 1.807) is 18.9 Å². The number of amides is 2. The van der Waals surface area contributed by atoms with Gasteiger partial charge in [-0.15, -0.1) is 0 Å². The van der Waals surface area contributed by atoms with E-state index in [0.29, 0.717) is 26.1 Å². The average molecular weight is 320 g/mol. The Morgan fingerprint density at radius 2 is 1.96 bits per heavy atom. The van der Waals surface area contributed by atoms with Crippen molar-refractivity contribution >= 4 is 11.8 Å². The topological polar surface area (TPSA) is 58.6 Å². The summed E-state index contributed by atoms with van der Waals surface area (Å²) in [6, 6.07) is 9.26. The highest BCUT2D eigenvalue weighted by Gasteiger charge is 2.25. The fourth-order valence-electron chi connectivity index (χ4n) is 2.30. The second kappa shape index (κ2) is 10.8. The number of carbonyl (C=O) groups is 2. The zero-order valence-electron chi connectivity index (χ0n) is 14.4.